The molecule has 1 amide bonds. The molecular formula is C23H26N4O3S3. The molecule has 0 aliphatic heterocycles. The second-order valence-electron chi connectivity index (χ2n) is 8.20. The predicted octanol–water partition coefficient (Wildman–Crippen LogP) is 4.97. The van der Waals surface area contributed by atoms with Crippen molar-refractivity contribution in [2.75, 3.05) is 18.2 Å². The van der Waals surface area contributed by atoms with Crippen molar-refractivity contribution in [3.63, 3.8) is 0 Å². The normalized spacial score (nSPS) is 14.7. The molecule has 10 heteroatoms. The third-order valence-corrected chi connectivity index (χ3v) is 9.49. The first-order valence-corrected chi connectivity index (χ1v) is 14.0. The molecule has 7 nitrogen and oxygen atoms in total. The van der Waals surface area contributed by atoms with E-state index in [1.165, 1.54) is 63.9 Å². The lowest BCUT2D eigenvalue weighted by molar-refractivity contribution is -0.113. The van der Waals surface area contributed by atoms with Crippen LogP contribution in [0.25, 0.3) is 11.4 Å². The number of aromatic nitrogens is 3. The van der Waals surface area contributed by atoms with Crippen LogP contribution in [-0.4, -0.2) is 39.5 Å². The number of ether oxygens (including phenoxy) is 1. The summed E-state index contributed by atoms with van der Waals surface area (Å²) < 4.78 is 7.06. The second kappa shape index (κ2) is 9.60. The van der Waals surface area contributed by atoms with Crippen molar-refractivity contribution in [3.05, 3.63) is 31.8 Å². The van der Waals surface area contributed by atoms with E-state index in [2.05, 4.69) is 32.4 Å². The molecule has 0 saturated heterocycles. The van der Waals surface area contributed by atoms with Crippen LogP contribution in [0.3, 0.4) is 0 Å². The van der Waals surface area contributed by atoms with Crippen molar-refractivity contribution in [1.82, 2.24) is 14.8 Å². The minimum absolute atomic E-state index is 0.162. The zero-order valence-corrected chi connectivity index (χ0v) is 21.2. The van der Waals surface area contributed by atoms with E-state index in [9.17, 15) is 9.59 Å². The first kappa shape index (κ1) is 22.6. The summed E-state index contributed by atoms with van der Waals surface area (Å²) in [7, 11) is 1.38. The van der Waals surface area contributed by atoms with Gasteiger partial charge >= 0.3 is 5.97 Å². The fraction of sp³-hybridized carbons (Fsp3) is 0.478. The summed E-state index contributed by atoms with van der Waals surface area (Å²) in [6.45, 7) is 2.81. The zero-order chi connectivity index (χ0) is 22.9. The maximum atomic E-state index is 12.8. The highest BCUT2D eigenvalue weighted by Gasteiger charge is 2.28. The van der Waals surface area contributed by atoms with Crippen molar-refractivity contribution in [2.45, 2.75) is 63.6 Å². The monoisotopic (exact) mass is 502 g/mol. The van der Waals surface area contributed by atoms with Gasteiger partial charge in [-0.3, -0.25) is 4.79 Å². The summed E-state index contributed by atoms with van der Waals surface area (Å²) in [6, 6.07) is 0. The Bertz CT molecular complexity index is 1210. The van der Waals surface area contributed by atoms with Crippen LogP contribution < -0.4 is 5.32 Å². The molecule has 5 rings (SSSR count). The first-order chi connectivity index (χ1) is 16.1. The Labute approximate surface area is 204 Å². The summed E-state index contributed by atoms with van der Waals surface area (Å²) in [5, 5.41) is 15.4. The Balaban J connectivity index is 1.30. The summed E-state index contributed by atoms with van der Waals surface area (Å²) in [5.74, 6) is 0.544. The minimum Gasteiger partial charge on any atom is -0.465 e. The molecule has 0 unspecified atom stereocenters. The lowest BCUT2D eigenvalue weighted by Gasteiger charge is -2.13. The quantitative estimate of drug-likeness (QED) is 0.363. The van der Waals surface area contributed by atoms with Gasteiger partial charge in [0.25, 0.3) is 0 Å². The van der Waals surface area contributed by atoms with E-state index in [4.69, 9.17) is 4.74 Å². The molecule has 0 aromatic carbocycles. The maximum Gasteiger partial charge on any atom is 0.341 e. The average Bonchev–Trinajstić information content (AvgIpc) is 3.59. The van der Waals surface area contributed by atoms with E-state index < -0.39 is 0 Å². The van der Waals surface area contributed by atoms with Crippen LogP contribution in [0.2, 0.25) is 0 Å². The first-order valence-electron chi connectivity index (χ1n) is 11.3. The van der Waals surface area contributed by atoms with Crippen LogP contribution in [-0.2, 0) is 41.8 Å². The number of aryl methyl sites for hydroxylation is 2. The number of hydrogen-bond acceptors (Lipinski definition) is 8. The molecule has 33 heavy (non-hydrogen) atoms. The van der Waals surface area contributed by atoms with Crippen molar-refractivity contribution >= 4 is 51.3 Å². The number of amides is 1. The number of anilines is 1. The number of fused-ring (bicyclic) bond motifs is 2. The van der Waals surface area contributed by atoms with Crippen molar-refractivity contribution in [1.29, 1.82) is 0 Å². The lowest BCUT2D eigenvalue weighted by atomic mass is 9.96. The number of rotatable bonds is 7. The van der Waals surface area contributed by atoms with Crippen molar-refractivity contribution < 1.29 is 14.3 Å². The van der Waals surface area contributed by atoms with E-state index in [0.29, 0.717) is 10.6 Å². The van der Waals surface area contributed by atoms with E-state index >= 15 is 0 Å². The van der Waals surface area contributed by atoms with Gasteiger partial charge in [0.15, 0.2) is 11.0 Å². The van der Waals surface area contributed by atoms with Gasteiger partial charge in [0.2, 0.25) is 5.91 Å². The van der Waals surface area contributed by atoms with Gasteiger partial charge in [0.1, 0.15) is 5.00 Å². The maximum absolute atomic E-state index is 12.8. The van der Waals surface area contributed by atoms with Gasteiger partial charge < -0.3 is 14.6 Å². The van der Waals surface area contributed by atoms with Crippen LogP contribution in [0.4, 0.5) is 5.00 Å². The molecule has 0 radical (unpaired) electrons. The van der Waals surface area contributed by atoms with Gasteiger partial charge in [0, 0.05) is 27.2 Å². The largest absolute Gasteiger partial charge is 0.465 e. The molecule has 1 N–H and O–H groups in total. The molecule has 3 aromatic heterocycles. The minimum atomic E-state index is -0.383. The lowest BCUT2D eigenvalue weighted by Crippen LogP contribution is -2.16. The average molecular weight is 503 g/mol. The highest BCUT2D eigenvalue weighted by molar-refractivity contribution is 7.99. The van der Waals surface area contributed by atoms with Crippen LogP contribution in [0, 0.1) is 0 Å². The van der Waals surface area contributed by atoms with Crippen LogP contribution in [0.1, 0.15) is 57.4 Å². The van der Waals surface area contributed by atoms with Gasteiger partial charge in [-0.2, -0.15) is 0 Å². The topological polar surface area (TPSA) is 86.1 Å². The number of carbonyl (C=O) groups is 2. The van der Waals surface area contributed by atoms with Crippen LogP contribution >= 0.6 is 34.4 Å². The van der Waals surface area contributed by atoms with Gasteiger partial charge in [-0.1, -0.05) is 11.8 Å². The second-order valence-corrected chi connectivity index (χ2v) is 11.2. The molecule has 2 aliphatic carbocycles. The zero-order valence-electron chi connectivity index (χ0n) is 18.7. The molecule has 174 valence electrons. The van der Waals surface area contributed by atoms with E-state index in [1.54, 1.807) is 0 Å². The van der Waals surface area contributed by atoms with Crippen LogP contribution in [0.5, 0.6) is 0 Å². The Kier molecular flexibility index (Phi) is 6.58. The molecule has 3 heterocycles. The van der Waals surface area contributed by atoms with Crippen LogP contribution in [0.15, 0.2) is 10.5 Å². The SMILES string of the molecule is CCn1c(SCC(=O)Nc2sc3c(c2C(=O)OC)CCC3)nnc1-c1csc2c1CCCC2. The third-order valence-electron chi connectivity index (χ3n) is 6.23. The number of thioether (sulfide) groups is 1. The molecule has 0 saturated carbocycles. The predicted molar refractivity (Wildman–Crippen MR) is 133 cm³/mol. The molecule has 0 atom stereocenters. The van der Waals surface area contributed by atoms with Gasteiger partial charge in [-0.15, -0.1) is 32.9 Å². The van der Waals surface area contributed by atoms with E-state index in [1.807, 2.05) is 11.3 Å². The molecule has 3 aromatic rings. The molecular weight excluding hydrogens is 476 g/mol. The van der Waals surface area contributed by atoms with Gasteiger partial charge in [-0.25, -0.2) is 4.79 Å². The number of nitrogens with one attached hydrogen (secondary N) is 1. The Morgan fingerprint density at radius 3 is 2.73 bits per heavy atom. The summed E-state index contributed by atoms with van der Waals surface area (Å²) in [5.41, 5.74) is 4.17. The molecule has 2 aliphatic rings. The number of methoxy groups -OCH3 is 1. The standard InChI is InChI=1S/C23H26N4O3S3/c1-3-27-20(15-11-31-16-9-5-4-7-13(15)16)25-26-23(27)32-12-18(28)24-21-19(22(29)30-2)14-8-6-10-17(14)33-21/h11H,3-10,12H2,1-2H3,(H,24,28). The van der Waals surface area contributed by atoms with Gasteiger partial charge in [0.05, 0.1) is 18.4 Å². The fourth-order valence-corrected chi connectivity index (χ4v) is 7.88. The number of esters is 1. The van der Waals surface area contributed by atoms with Crippen molar-refractivity contribution in [2.24, 2.45) is 0 Å². The summed E-state index contributed by atoms with van der Waals surface area (Å²) in [4.78, 5) is 27.7. The van der Waals surface area contributed by atoms with Crippen molar-refractivity contribution in [3.8, 4) is 11.4 Å². The van der Waals surface area contributed by atoms with E-state index in [-0.39, 0.29) is 17.6 Å². The fourth-order valence-electron chi connectivity index (χ4n) is 4.66. The number of nitrogens with zero attached hydrogens (tertiary/aromatic N) is 3. The highest BCUT2D eigenvalue weighted by Crippen LogP contribution is 2.40. The number of hydrogen-bond donors (Lipinski definition) is 1. The highest BCUT2D eigenvalue weighted by atomic mass is 32.2. The molecule has 0 bridgehead atoms. The third kappa shape index (κ3) is 4.24. The Hall–Kier alpha value is -2.17. The van der Waals surface area contributed by atoms with E-state index in [0.717, 1.165) is 55.2 Å². The summed E-state index contributed by atoms with van der Waals surface area (Å²) in [6.07, 6.45) is 7.58. The Morgan fingerprint density at radius 1 is 1.12 bits per heavy atom. The van der Waals surface area contributed by atoms with Gasteiger partial charge in [-0.05, 0) is 63.0 Å². The summed E-state index contributed by atoms with van der Waals surface area (Å²) >= 11 is 4.69. The smallest absolute Gasteiger partial charge is 0.341 e. The molecule has 0 fully saturated rings. The Morgan fingerprint density at radius 2 is 1.91 bits per heavy atom. The molecule has 0 spiro atoms. The number of thiophene rings is 2. The number of carbonyl (C=O) groups excluding carboxylic acids is 2.